The Kier molecular flexibility index (Phi) is 4.78. The summed E-state index contributed by atoms with van der Waals surface area (Å²) in [6.07, 6.45) is 0.894. The summed E-state index contributed by atoms with van der Waals surface area (Å²) in [5, 5.41) is 3.30. The van der Waals surface area contributed by atoms with Crippen molar-refractivity contribution in [2.75, 3.05) is 34.9 Å². The highest BCUT2D eigenvalue weighted by molar-refractivity contribution is 8.02. The van der Waals surface area contributed by atoms with Gasteiger partial charge in [-0.05, 0) is 30.7 Å². The zero-order valence-corrected chi connectivity index (χ0v) is 14.4. The molecule has 4 rings (SSSR count). The molecule has 0 spiro atoms. The maximum Gasteiger partial charge on any atom is 0.149 e. The third-order valence-corrected chi connectivity index (χ3v) is 5.46. The minimum Gasteiger partial charge on any atom is -0.376 e. The molecule has 0 radical (unpaired) electrons. The predicted molar refractivity (Wildman–Crippen MR) is 97.1 cm³/mol. The van der Waals surface area contributed by atoms with E-state index in [0.717, 1.165) is 19.5 Å². The summed E-state index contributed by atoms with van der Waals surface area (Å²) in [4.78, 5) is 0. The van der Waals surface area contributed by atoms with Gasteiger partial charge in [-0.2, -0.15) is 0 Å². The Morgan fingerprint density at radius 2 is 1.88 bits per heavy atom. The van der Waals surface area contributed by atoms with Crippen LogP contribution in [0.4, 0.5) is 25.8 Å². The minimum atomic E-state index is -0.327. The van der Waals surface area contributed by atoms with Crippen LogP contribution in [0.3, 0.4) is 0 Å². The second-order valence-electron chi connectivity index (χ2n) is 6.02. The van der Waals surface area contributed by atoms with Crippen LogP contribution in [0.2, 0.25) is 0 Å². The van der Waals surface area contributed by atoms with Crippen molar-refractivity contribution in [3.63, 3.8) is 0 Å². The molecule has 1 atom stereocenters. The van der Waals surface area contributed by atoms with E-state index in [0.29, 0.717) is 30.2 Å². The monoisotopic (exact) mass is 363 g/mol. The fraction of sp³-hybridized carbons (Fsp3) is 0.333. The van der Waals surface area contributed by atoms with Gasteiger partial charge in [-0.3, -0.25) is 8.61 Å². The SMILES string of the molecule is Fc1ccccc1N1SN(CC[C@@H]2CNCCO2)c2c(F)cccc21. The van der Waals surface area contributed by atoms with E-state index >= 15 is 0 Å². The average Bonchev–Trinajstić information content (AvgIpc) is 3.01. The van der Waals surface area contributed by atoms with Crippen molar-refractivity contribution < 1.29 is 13.5 Å². The number of nitrogens with zero attached hydrogens (tertiary/aromatic N) is 2. The van der Waals surface area contributed by atoms with Gasteiger partial charge in [0.25, 0.3) is 0 Å². The molecular formula is C18H19F2N3OS. The molecule has 2 heterocycles. The Balaban J connectivity index is 1.59. The molecule has 2 aromatic rings. The Hall–Kier alpha value is -1.83. The lowest BCUT2D eigenvalue weighted by molar-refractivity contribution is 0.0254. The number of nitrogens with one attached hydrogen (secondary N) is 1. The van der Waals surface area contributed by atoms with Crippen LogP contribution in [-0.2, 0) is 4.74 Å². The van der Waals surface area contributed by atoms with Crippen LogP contribution in [0.25, 0.3) is 0 Å². The molecule has 2 aliphatic heterocycles. The maximum atomic E-state index is 14.5. The molecule has 132 valence electrons. The van der Waals surface area contributed by atoms with Gasteiger partial charge >= 0.3 is 0 Å². The Morgan fingerprint density at radius 3 is 2.68 bits per heavy atom. The zero-order valence-electron chi connectivity index (χ0n) is 13.6. The quantitative estimate of drug-likeness (QED) is 0.833. The smallest absolute Gasteiger partial charge is 0.149 e. The minimum absolute atomic E-state index is 0.118. The molecule has 0 bridgehead atoms. The van der Waals surface area contributed by atoms with E-state index in [4.69, 9.17) is 4.74 Å². The number of benzene rings is 2. The van der Waals surface area contributed by atoms with Gasteiger partial charge in [-0.25, -0.2) is 8.78 Å². The zero-order chi connectivity index (χ0) is 17.2. The molecular weight excluding hydrogens is 344 g/mol. The van der Waals surface area contributed by atoms with E-state index in [1.165, 1.54) is 24.3 Å². The highest BCUT2D eigenvalue weighted by Crippen LogP contribution is 2.50. The van der Waals surface area contributed by atoms with Crippen molar-refractivity contribution in [3.8, 4) is 0 Å². The van der Waals surface area contributed by atoms with Crippen molar-refractivity contribution in [1.29, 1.82) is 0 Å². The van der Waals surface area contributed by atoms with E-state index in [9.17, 15) is 8.78 Å². The molecule has 0 amide bonds. The maximum absolute atomic E-state index is 14.5. The Morgan fingerprint density at radius 1 is 1.08 bits per heavy atom. The number of anilines is 3. The third kappa shape index (κ3) is 3.31. The normalized spacial score (nSPS) is 20.0. The first kappa shape index (κ1) is 16.6. The summed E-state index contributed by atoms with van der Waals surface area (Å²) in [5.41, 5.74) is 1.59. The number of ether oxygens (including phenoxy) is 1. The third-order valence-electron chi connectivity index (χ3n) is 4.34. The van der Waals surface area contributed by atoms with Gasteiger partial charge in [0.15, 0.2) is 0 Å². The summed E-state index contributed by atoms with van der Waals surface area (Å²) in [5.74, 6) is -0.626. The average molecular weight is 363 g/mol. The van der Waals surface area contributed by atoms with Crippen LogP contribution in [0, 0.1) is 11.6 Å². The summed E-state index contributed by atoms with van der Waals surface area (Å²) in [6, 6.07) is 11.5. The molecule has 0 aromatic heterocycles. The lowest BCUT2D eigenvalue weighted by atomic mass is 10.2. The van der Waals surface area contributed by atoms with Crippen molar-refractivity contribution in [3.05, 3.63) is 54.1 Å². The van der Waals surface area contributed by atoms with E-state index < -0.39 is 0 Å². The molecule has 0 aliphatic carbocycles. The first-order valence-electron chi connectivity index (χ1n) is 8.35. The number of fused-ring (bicyclic) bond motifs is 1. The number of hydrogen-bond donors (Lipinski definition) is 1. The fourth-order valence-corrected chi connectivity index (χ4v) is 4.23. The van der Waals surface area contributed by atoms with Gasteiger partial charge in [-0.15, -0.1) is 0 Å². The lowest BCUT2D eigenvalue weighted by Crippen LogP contribution is -2.39. The van der Waals surface area contributed by atoms with Gasteiger partial charge < -0.3 is 10.1 Å². The number of rotatable bonds is 4. The van der Waals surface area contributed by atoms with Gasteiger partial charge in [-0.1, -0.05) is 18.2 Å². The summed E-state index contributed by atoms with van der Waals surface area (Å²) in [7, 11) is 0. The topological polar surface area (TPSA) is 27.7 Å². The number of halogens is 2. The summed E-state index contributed by atoms with van der Waals surface area (Å²) >= 11 is 1.32. The molecule has 2 aliphatic rings. The molecule has 2 aromatic carbocycles. The second kappa shape index (κ2) is 7.19. The standard InChI is InChI=1S/C18H19F2N3OS/c19-14-4-1-2-6-16(14)23-17-7-3-5-15(20)18(17)22(25-23)10-8-13-12-21-9-11-24-13/h1-7,13,21H,8-12H2/t13-/m1/s1. The van der Waals surface area contributed by atoms with Gasteiger partial charge in [0.1, 0.15) is 17.3 Å². The van der Waals surface area contributed by atoms with Crippen molar-refractivity contribution >= 4 is 29.2 Å². The van der Waals surface area contributed by atoms with Crippen LogP contribution in [-0.4, -0.2) is 32.3 Å². The van der Waals surface area contributed by atoms with Crippen LogP contribution < -0.4 is 13.9 Å². The summed E-state index contributed by atoms with van der Waals surface area (Å²) < 4.78 is 38.1. The molecule has 1 fully saturated rings. The predicted octanol–water partition coefficient (Wildman–Crippen LogP) is 3.86. The van der Waals surface area contributed by atoms with E-state index in [1.54, 1.807) is 28.6 Å². The van der Waals surface area contributed by atoms with Crippen LogP contribution in [0.15, 0.2) is 42.5 Å². The van der Waals surface area contributed by atoms with E-state index in [-0.39, 0.29) is 17.7 Å². The van der Waals surface area contributed by atoms with Gasteiger partial charge in [0.2, 0.25) is 0 Å². The van der Waals surface area contributed by atoms with Crippen LogP contribution in [0.1, 0.15) is 6.42 Å². The molecule has 4 nitrogen and oxygen atoms in total. The van der Waals surface area contributed by atoms with Gasteiger partial charge in [0.05, 0.1) is 36.2 Å². The Labute approximate surface area is 150 Å². The number of para-hydroxylation sites is 2. The van der Waals surface area contributed by atoms with Crippen LogP contribution in [0.5, 0.6) is 0 Å². The highest BCUT2D eigenvalue weighted by Gasteiger charge is 2.33. The summed E-state index contributed by atoms with van der Waals surface area (Å²) in [6.45, 7) is 2.99. The van der Waals surface area contributed by atoms with Crippen molar-refractivity contribution in [1.82, 2.24) is 5.32 Å². The van der Waals surface area contributed by atoms with Crippen molar-refractivity contribution in [2.45, 2.75) is 12.5 Å². The van der Waals surface area contributed by atoms with E-state index in [2.05, 4.69) is 5.32 Å². The second-order valence-corrected chi connectivity index (χ2v) is 6.99. The molecule has 25 heavy (non-hydrogen) atoms. The number of hydrogen-bond acceptors (Lipinski definition) is 5. The molecule has 0 unspecified atom stereocenters. The largest absolute Gasteiger partial charge is 0.376 e. The molecule has 1 N–H and O–H groups in total. The van der Waals surface area contributed by atoms with Gasteiger partial charge in [0, 0.05) is 19.6 Å². The molecule has 1 saturated heterocycles. The molecule has 0 saturated carbocycles. The number of morpholine rings is 1. The highest BCUT2D eigenvalue weighted by atomic mass is 32.2. The van der Waals surface area contributed by atoms with E-state index in [1.807, 2.05) is 10.4 Å². The molecule has 7 heteroatoms. The van der Waals surface area contributed by atoms with Crippen molar-refractivity contribution in [2.24, 2.45) is 0 Å². The lowest BCUT2D eigenvalue weighted by Gasteiger charge is -2.26. The first-order chi connectivity index (χ1) is 12.2. The first-order valence-corrected chi connectivity index (χ1v) is 9.08. The van der Waals surface area contributed by atoms with Crippen LogP contribution >= 0.6 is 12.1 Å². The fourth-order valence-electron chi connectivity index (χ4n) is 3.11. The Bertz CT molecular complexity index is 755.